The topological polar surface area (TPSA) is 52.8 Å². The van der Waals surface area contributed by atoms with E-state index in [2.05, 4.69) is 34.8 Å². The molecule has 5 rings (SSSR count). The van der Waals surface area contributed by atoms with Gasteiger partial charge in [0.15, 0.2) is 11.2 Å². The van der Waals surface area contributed by atoms with Gasteiger partial charge in [0.2, 0.25) is 0 Å². The minimum Gasteiger partial charge on any atom is -0.373 e. The molecule has 2 N–H and O–H groups in total. The van der Waals surface area contributed by atoms with Crippen LogP contribution in [0.5, 0.6) is 0 Å². The summed E-state index contributed by atoms with van der Waals surface area (Å²) in [5.41, 5.74) is -0.550. The van der Waals surface area contributed by atoms with E-state index in [1.54, 1.807) is 29.7 Å². The Hall–Kier alpha value is -3.45. The number of aliphatic imine (C=N–C) groups is 1. The molecule has 2 aromatic rings. The fourth-order valence-corrected chi connectivity index (χ4v) is 7.93. The van der Waals surface area contributed by atoms with Gasteiger partial charge in [-0.2, -0.15) is 0 Å². The number of hydrogen-bond donors (Lipinski definition) is 2. The molecule has 0 bridgehead atoms. The molecule has 212 valence electrons. The minimum absolute atomic E-state index is 0.105. The average molecular weight is 590 g/mol. The maximum absolute atomic E-state index is 12.0. The van der Waals surface area contributed by atoms with E-state index in [-0.39, 0.29) is 11.2 Å². The number of thioether (sulfide) groups is 2. The van der Waals surface area contributed by atoms with Crippen LogP contribution in [-0.2, 0) is 11.2 Å². The van der Waals surface area contributed by atoms with Crippen molar-refractivity contribution >= 4 is 29.7 Å². The van der Waals surface area contributed by atoms with Crippen molar-refractivity contribution in [2.24, 2.45) is 16.3 Å². The molecule has 3 aliphatic rings. The monoisotopic (exact) mass is 589 g/mol. The summed E-state index contributed by atoms with van der Waals surface area (Å²) in [6.45, 7) is 9.97. The number of aliphatic hydroxyl groups is 2. The highest BCUT2D eigenvalue weighted by molar-refractivity contribution is 8.03. The molecule has 5 heteroatoms. The first-order valence-corrected chi connectivity index (χ1v) is 15.8. The van der Waals surface area contributed by atoms with Gasteiger partial charge in [-0.25, -0.2) is 0 Å². The van der Waals surface area contributed by atoms with Gasteiger partial charge in [-0.3, -0.25) is 4.99 Å². The van der Waals surface area contributed by atoms with E-state index in [4.69, 9.17) is 0 Å². The molecule has 0 amide bonds. The van der Waals surface area contributed by atoms with Crippen molar-refractivity contribution < 1.29 is 10.2 Å². The third-order valence-electron chi connectivity index (χ3n) is 7.80. The summed E-state index contributed by atoms with van der Waals surface area (Å²) < 4.78 is 0. The molecule has 42 heavy (non-hydrogen) atoms. The Kier molecular flexibility index (Phi) is 8.61. The summed E-state index contributed by atoms with van der Waals surface area (Å²) in [4.78, 5) is 7.74. The van der Waals surface area contributed by atoms with Gasteiger partial charge in [0, 0.05) is 43.9 Å². The lowest BCUT2D eigenvalue weighted by Crippen LogP contribution is -2.40. The normalized spacial score (nSPS) is 30.1. The van der Waals surface area contributed by atoms with E-state index >= 15 is 0 Å². The van der Waals surface area contributed by atoms with Crippen LogP contribution in [0.4, 0.5) is 0 Å². The van der Waals surface area contributed by atoms with Gasteiger partial charge in [0.25, 0.3) is 0 Å². The zero-order chi connectivity index (χ0) is 30.0. The summed E-state index contributed by atoms with van der Waals surface area (Å²) >= 11 is 3.41. The highest BCUT2D eigenvalue weighted by atomic mass is 32.2. The van der Waals surface area contributed by atoms with Crippen molar-refractivity contribution in [1.82, 2.24) is 0 Å². The van der Waals surface area contributed by atoms with E-state index in [1.165, 1.54) is 0 Å². The Bertz CT molecular complexity index is 1710. The number of nitrogens with zero attached hydrogens (tertiary/aromatic N) is 1. The first kappa shape index (κ1) is 30.0. The lowest BCUT2D eigenvalue weighted by Gasteiger charge is -2.39. The van der Waals surface area contributed by atoms with Gasteiger partial charge < -0.3 is 10.2 Å². The molecule has 0 saturated carbocycles. The van der Waals surface area contributed by atoms with E-state index in [0.29, 0.717) is 5.70 Å². The maximum atomic E-state index is 12.0. The molecular formula is C37H35NO2S2. The van der Waals surface area contributed by atoms with Crippen molar-refractivity contribution in [3.05, 3.63) is 118 Å². The molecule has 3 heterocycles. The number of rotatable bonds is 2. The summed E-state index contributed by atoms with van der Waals surface area (Å²) in [6.07, 6.45) is 15.5. The predicted molar refractivity (Wildman–Crippen MR) is 177 cm³/mol. The molecule has 3 aliphatic heterocycles. The molecule has 0 radical (unpaired) electrons. The van der Waals surface area contributed by atoms with Crippen LogP contribution >= 0.6 is 23.5 Å². The molecule has 0 aromatic heterocycles. The Morgan fingerprint density at radius 2 is 1.64 bits per heavy atom. The summed E-state index contributed by atoms with van der Waals surface area (Å²) in [7, 11) is 0. The third kappa shape index (κ3) is 5.63. The Morgan fingerprint density at radius 1 is 0.929 bits per heavy atom. The van der Waals surface area contributed by atoms with E-state index < -0.39 is 16.6 Å². The molecule has 5 atom stereocenters. The van der Waals surface area contributed by atoms with Crippen LogP contribution in [-0.4, -0.2) is 21.7 Å². The van der Waals surface area contributed by atoms with Crippen LogP contribution in [0.25, 0.3) is 0 Å². The molecule has 4 unspecified atom stereocenters. The second-order valence-corrected chi connectivity index (χ2v) is 13.4. The predicted octanol–water partition coefficient (Wildman–Crippen LogP) is 7.94. The van der Waals surface area contributed by atoms with Crippen LogP contribution in [0.3, 0.4) is 0 Å². The van der Waals surface area contributed by atoms with Crippen LogP contribution in [0, 0.1) is 35.0 Å². The Balaban J connectivity index is 1.47. The lowest BCUT2D eigenvalue weighted by molar-refractivity contribution is 0.0404. The van der Waals surface area contributed by atoms with Crippen LogP contribution in [0.1, 0.15) is 45.7 Å². The zero-order valence-corrected chi connectivity index (χ0v) is 26.2. The summed E-state index contributed by atoms with van der Waals surface area (Å²) in [5, 5.41) is 24.1. The largest absolute Gasteiger partial charge is 0.373 e. The van der Waals surface area contributed by atoms with E-state index in [1.807, 2.05) is 120 Å². The smallest absolute Gasteiger partial charge is 0.178 e. The van der Waals surface area contributed by atoms with Crippen molar-refractivity contribution in [3.8, 4) is 23.7 Å². The van der Waals surface area contributed by atoms with E-state index in [0.717, 1.165) is 31.4 Å². The van der Waals surface area contributed by atoms with Crippen molar-refractivity contribution in [3.63, 3.8) is 0 Å². The molecular weight excluding hydrogens is 555 g/mol. The van der Waals surface area contributed by atoms with Gasteiger partial charge in [0.05, 0.1) is 5.41 Å². The molecule has 0 fully saturated rings. The second-order valence-electron chi connectivity index (χ2n) is 10.9. The maximum Gasteiger partial charge on any atom is 0.178 e. The number of allylic oxidation sites excluding steroid dienone is 7. The van der Waals surface area contributed by atoms with Crippen molar-refractivity contribution in [2.45, 2.75) is 60.9 Å². The first-order chi connectivity index (χ1) is 20.1. The van der Waals surface area contributed by atoms with Gasteiger partial charge >= 0.3 is 0 Å². The van der Waals surface area contributed by atoms with E-state index in [9.17, 15) is 10.2 Å². The highest BCUT2D eigenvalue weighted by Crippen LogP contribution is 2.49. The molecule has 2 aromatic carbocycles. The van der Waals surface area contributed by atoms with Gasteiger partial charge in [-0.15, -0.1) is 11.8 Å². The number of fused-ring (bicyclic) bond motifs is 2. The van der Waals surface area contributed by atoms with Crippen molar-refractivity contribution in [1.29, 1.82) is 0 Å². The first-order valence-electron chi connectivity index (χ1n) is 14.1. The SMILES string of the molecule is C/C=C\C1=C(C)Sc2ccccc2C1(O)C#CC1(C)C=CC=C(C#C[C@@]2(O)c3ccccc3SC(/C=C\C)C2C)N=C1. The molecule has 3 nitrogen and oxygen atoms in total. The van der Waals surface area contributed by atoms with Gasteiger partial charge in [-0.05, 0) is 56.7 Å². The van der Waals surface area contributed by atoms with Crippen LogP contribution in [0.15, 0.2) is 122 Å². The standard InChI is InChI=1S/C37H35NO2S2/c1-6-13-29-27(4)41-33-18-10-9-17-31(33)37(29,40)24-23-35(5)21-12-15-28(38-25-35)20-22-36(39)26(3)32(14-7-2)42-34-19-11-8-16-30(34)36/h6-19,21,25-26,32,39-40H,1-5H3/b13-6-,14-7-/t26?,32?,35?,36-,37?/m0/s1. The Morgan fingerprint density at radius 3 is 2.38 bits per heavy atom. The minimum atomic E-state index is -1.44. The van der Waals surface area contributed by atoms with Gasteiger partial charge in [-0.1, -0.05) is 109 Å². The summed E-state index contributed by atoms with van der Waals surface area (Å²) in [5.74, 6) is 12.8. The lowest BCUT2D eigenvalue weighted by atomic mass is 9.80. The highest BCUT2D eigenvalue weighted by Gasteiger charge is 2.44. The zero-order valence-electron chi connectivity index (χ0n) is 24.6. The fourth-order valence-electron chi connectivity index (χ4n) is 5.37. The Labute approximate surface area is 258 Å². The average Bonchev–Trinajstić information content (AvgIpc) is 3.18. The third-order valence-corrected chi connectivity index (χ3v) is 10.3. The number of benzene rings is 2. The van der Waals surface area contributed by atoms with Crippen LogP contribution < -0.4 is 0 Å². The molecule has 0 spiro atoms. The molecule has 0 aliphatic carbocycles. The van der Waals surface area contributed by atoms with Crippen LogP contribution in [0.2, 0.25) is 0 Å². The number of hydrogen-bond acceptors (Lipinski definition) is 5. The summed E-state index contributed by atoms with van der Waals surface area (Å²) in [6, 6.07) is 15.8. The second kappa shape index (κ2) is 12.0. The quantitative estimate of drug-likeness (QED) is 0.276. The molecule has 0 saturated heterocycles. The fraction of sp³-hybridized carbons (Fsp3) is 0.270. The van der Waals surface area contributed by atoms with Gasteiger partial charge in [0.1, 0.15) is 5.70 Å². The van der Waals surface area contributed by atoms with Crippen molar-refractivity contribution in [2.75, 3.05) is 0 Å².